The van der Waals surface area contributed by atoms with Crippen LogP contribution in [-0.2, 0) is 16.0 Å². The lowest BCUT2D eigenvalue weighted by Crippen LogP contribution is -2.35. The molecule has 0 saturated carbocycles. The molecule has 0 radical (unpaired) electrons. The van der Waals surface area contributed by atoms with Crippen molar-refractivity contribution in [1.82, 2.24) is 4.90 Å². The molecular weight excluding hydrogens is 420 g/mol. The first-order chi connectivity index (χ1) is 13.3. The molecule has 2 rings (SSSR count). The molecule has 0 fully saturated rings. The smallest absolute Gasteiger partial charge is 0.243 e. The quantitative estimate of drug-likeness (QED) is 0.614. The number of benzene rings is 2. The van der Waals surface area contributed by atoms with Crippen LogP contribution in [0.4, 0.5) is 5.69 Å². The summed E-state index contributed by atoms with van der Waals surface area (Å²) in [5.41, 5.74) is 3.41. The highest BCUT2D eigenvalue weighted by molar-refractivity contribution is 9.10. The van der Waals surface area contributed by atoms with Crippen LogP contribution in [0.3, 0.4) is 0 Å². The highest BCUT2D eigenvalue weighted by Gasteiger charge is 2.16. The van der Waals surface area contributed by atoms with Crippen LogP contribution in [-0.4, -0.2) is 36.1 Å². The van der Waals surface area contributed by atoms with E-state index in [1.165, 1.54) is 10.5 Å². The normalized spacial score (nSPS) is 10.4. The van der Waals surface area contributed by atoms with Gasteiger partial charge in [0.1, 0.15) is 0 Å². The van der Waals surface area contributed by atoms with Gasteiger partial charge in [0, 0.05) is 35.6 Å². The molecule has 2 aromatic rings. The molecule has 0 aliphatic carbocycles. The minimum absolute atomic E-state index is 0.0618. The number of hydrogen-bond acceptors (Lipinski definition) is 3. The Kier molecular flexibility index (Phi) is 7.93. The summed E-state index contributed by atoms with van der Waals surface area (Å²) in [6, 6.07) is 13.0. The number of carbonyl (C=O) groups is 3. The lowest BCUT2D eigenvalue weighted by atomic mass is 10.0. The van der Waals surface area contributed by atoms with Crippen molar-refractivity contribution >= 4 is 39.2 Å². The van der Waals surface area contributed by atoms with Crippen molar-refractivity contribution in [3.8, 4) is 0 Å². The fourth-order valence-electron chi connectivity index (χ4n) is 2.74. The third kappa shape index (κ3) is 6.30. The van der Waals surface area contributed by atoms with E-state index < -0.39 is 0 Å². The number of nitrogens with zero attached hydrogens (tertiary/aromatic N) is 1. The van der Waals surface area contributed by atoms with Crippen LogP contribution in [0.15, 0.2) is 46.9 Å². The average Bonchev–Trinajstić information content (AvgIpc) is 2.68. The van der Waals surface area contributed by atoms with Crippen LogP contribution in [0.25, 0.3) is 0 Å². The zero-order chi connectivity index (χ0) is 20.7. The van der Waals surface area contributed by atoms with E-state index in [0.717, 1.165) is 16.5 Å². The van der Waals surface area contributed by atoms with Crippen LogP contribution in [0.2, 0.25) is 0 Å². The van der Waals surface area contributed by atoms with Gasteiger partial charge >= 0.3 is 0 Å². The largest absolute Gasteiger partial charge is 0.336 e. The number of Topliss-reactive ketones (excluding diaryl/α,β-unsaturated/α-hetero) is 1. The van der Waals surface area contributed by atoms with Gasteiger partial charge in [-0.25, -0.2) is 0 Å². The van der Waals surface area contributed by atoms with Gasteiger partial charge in [0.15, 0.2) is 5.78 Å². The van der Waals surface area contributed by atoms with Gasteiger partial charge in [-0.3, -0.25) is 14.4 Å². The van der Waals surface area contributed by atoms with E-state index in [1.54, 1.807) is 19.2 Å². The number of halogens is 1. The van der Waals surface area contributed by atoms with Crippen molar-refractivity contribution in [1.29, 1.82) is 0 Å². The van der Waals surface area contributed by atoms with Crippen molar-refractivity contribution < 1.29 is 14.4 Å². The standard InChI is InChI=1S/C22H25BrN2O3/c1-4-16-5-7-17(8-6-16)20(26)11-12-22(28)25(3)14-21(27)24-19-10-9-18(23)13-15(19)2/h5-10,13H,4,11-12,14H2,1-3H3,(H,24,27). The zero-order valence-electron chi connectivity index (χ0n) is 16.4. The number of ketones is 1. The van der Waals surface area contributed by atoms with E-state index in [9.17, 15) is 14.4 Å². The number of carbonyl (C=O) groups excluding carboxylic acids is 3. The number of rotatable bonds is 8. The third-order valence-corrected chi connectivity index (χ3v) is 5.01. The van der Waals surface area contributed by atoms with E-state index in [2.05, 4.69) is 28.2 Å². The molecule has 0 saturated heterocycles. The molecule has 0 aliphatic rings. The van der Waals surface area contributed by atoms with Gasteiger partial charge in [0.25, 0.3) is 0 Å². The maximum Gasteiger partial charge on any atom is 0.243 e. The molecule has 28 heavy (non-hydrogen) atoms. The first kappa shape index (κ1) is 21.8. The first-order valence-electron chi connectivity index (χ1n) is 9.22. The molecule has 0 heterocycles. The van der Waals surface area contributed by atoms with Gasteiger partial charge in [-0.15, -0.1) is 0 Å². The first-order valence-corrected chi connectivity index (χ1v) is 10.0. The fraction of sp³-hybridized carbons (Fsp3) is 0.318. The SMILES string of the molecule is CCc1ccc(C(=O)CCC(=O)N(C)CC(=O)Nc2ccc(Br)cc2C)cc1. The predicted octanol–water partition coefficient (Wildman–Crippen LogP) is 4.38. The van der Waals surface area contributed by atoms with E-state index in [-0.39, 0.29) is 37.0 Å². The lowest BCUT2D eigenvalue weighted by molar-refractivity contribution is -0.133. The van der Waals surface area contributed by atoms with Gasteiger partial charge in [-0.1, -0.05) is 47.1 Å². The van der Waals surface area contributed by atoms with Crippen LogP contribution in [0.1, 0.15) is 41.3 Å². The Labute approximate surface area is 174 Å². The molecule has 0 aliphatic heterocycles. The van der Waals surface area contributed by atoms with Gasteiger partial charge in [-0.2, -0.15) is 0 Å². The molecule has 1 N–H and O–H groups in total. The molecule has 2 aromatic carbocycles. The summed E-state index contributed by atoms with van der Waals surface area (Å²) in [4.78, 5) is 38.1. The lowest BCUT2D eigenvalue weighted by Gasteiger charge is -2.17. The van der Waals surface area contributed by atoms with Crippen molar-refractivity contribution in [3.63, 3.8) is 0 Å². The second kappa shape index (κ2) is 10.2. The molecule has 0 bridgehead atoms. The Morgan fingerprint density at radius 1 is 1.04 bits per heavy atom. The van der Waals surface area contributed by atoms with Gasteiger partial charge in [-0.05, 0) is 42.7 Å². The molecule has 148 valence electrons. The minimum Gasteiger partial charge on any atom is -0.336 e. The van der Waals surface area contributed by atoms with Crippen LogP contribution < -0.4 is 5.32 Å². The molecule has 0 spiro atoms. The Balaban J connectivity index is 1.82. The highest BCUT2D eigenvalue weighted by Crippen LogP contribution is 2.20. The van der Waals surface area contributed by atoms with Crippen molar-refractivity contribution in [3.05, 3.63) is 63.6 Å². The summed E-state index contributed by atoms with van der Waals surface area (Å²) in [6.07, 6.45) is 1.12. The highest BCUT2D eigenvalue weighted by atomic mass is 79.9. The summed E-state index contributed by atoms with van der Waals surface area (Å²) in [5.74, 6) is -0.580. The molecule has 6 heteroatoms. The average molecular weight is 445 g/mol. The molecule has 0 unspecified atom stereocenters. The number of likely N-dealkylation sites (N-methyl/N-ethyl adjacent to an activating group) is 1. The monoisotopic (exact) mass is 444 g/mol. The minimum atomic E-state index is -0.275. The number of nitrogens with one attached hydrogen (secondary N) is 1. The second-order valence-corrected chi connectivity index (χ2v) is 7.65. The fourth-order valence-corrected chi connectivity index (χ4v) is 3.22. The zero-order valence-corrected chi connectivity index (χ0v) is 18.0. The third-order valence-electron chi connectivity index (χ3n) is 4.52. The van der Waals surface area contributed by atoms with Crippen molar-refractivity contribution in [2.45, 2.75) is 33.1 Å². The molecule has 5 nitrogen and oxygen atoms in total. The number of hydrogen-bond donors (Lipinski definition) is 1. The summed E-state index contributed by atoms with van der Waals surface area (Å²) in [5, 5.41) is 2.80. The van der Waals surface area contributed by atoms with Crippen molar-refractivity contribution in [2.75, 3.05) is 18.9 Å². The Bertz CT molecular complexity index is 863. The van der Waals surface area contributed by atoms with Gasteiger partial charge in [0.2, 0.25) is 11.8 Å². The Morgan fingerprint density at radius 2 is 1.71 bits per heavy atom. The van der Waals surface area contributed by atoms with E-state index >= 15 is 0 Å². The van der Waals surface area contributed by atoms with Crippen molar-refractivity contribution in [2.24, 2.45) is 0 Å². The van der Waals surface area contributed by atoms with E-state index in [4.69, 9.17) is 0 Å². The van der Waals surface area contributed by atoms with E-state index in [1.807, 2.05) is 37.3 Å². The molecule has 2 amide bonds. The van der Waals surface area contributed by atoms with Crippen LogP contribution in [0, 0.1) is 6.92 Å². The van der Waals surface area contributed by atoms with Crippen LogP contribution >= 0.6 is 15.9 Å². The Hall–Kier alpha value is -2.47. The number of amides is 2. The predicted molar refractivity (Wildman–Crippen MR) is 115 cm³/mol. The molecule has 0 atom stereocenters. The van der Waals surface area contributed by atoms with E-state index in [0.29, 0.717) is 11.3 Å². The van der Waals surface area contributed by atoms with Gasteiger partial charge in [0.05, 0.1) is 6.54 Å². The summed E-state index contributed by atoms with van der Waals surface area (Å²) >= 11 is 3.38. The molecular formula is C22H25BrN2O3. The topological polar surface area (TPSA) is 66.5 Å². The maximum absolute atomic E-state index is 12.3. The Morgan fingerprint density at radius 3 is 2.32 bits per heavy atom. The summed E-state index contributed by atoms with van der Waals surface area (Å²) in [6.45, 7) is 3.89. The summed E-state index contributed by atoms with van der Waals surface area (Å²) < 4.78 is 0.935. The number of aryl methyl sites for hydroxylation is 2. The molecule has 0 aromatic heterocycles. The van der Waals surface area contributed by atoms with Gasteiger partial charge < -0.3 is 10.2 Å². The summed E-state index contributed by atoms with van der Waals surface area (Å²) in [7, 11) is 1.57. The number of anilines is 1. The second-order valence-electron chi connectivity index (χ2n) is 6.73. The maximum atomic E-state index is 12.3. The van der Waals surface area contributed by atoms with Crippen LogP contribution in [0.5, 0.6) is 0 Å².